The lowest BCUT2D eigenvalue weighted by Crippen LogP contribution is -2.29. The summed E-state index contributed by atoms with van der Waals surface area (Å²) in [6.45, 7) is 3.56. The van der Waals surface area contributed by atoms with E-state index < -0.39 is 32.5 Å². The van der Waals surface area contributed by atoms with Gasteiger partial charge in [-0.15, -0.1) is 0 Å². The van der Waals surface area contributed by atoms with Crippen molar-refractivity contribution in [2.75, 3.05) is 26.4 Å². The monoisotopic (exact) mass is 766 g/mol. The van der Waals surface area contributed by atoms with Crippen LogP contribution in [0.3, 0.4) is 0 Å². The van der Waals surface area contributed by atoms with Gasteiger partial charge in [0.15, 0.2) is 6.10 Å². The summed E-state index contributed by atoms with van der Waals surface area (Å²) in [6.07, 6.45) is 45.3. The van der Waals surface area contributed by atoms with Gasteiger partial charge in [-0.1, -0.05) is 139 Å². The molecule has 0 fully saturated rings. The van der Waals surface area contributed by atoms with Crippen LogP contribution in [0.2, 0.25) is 0 Å². The summed E-state index contributed by atoms with van der Waals surface area (Å²) in [5.74, 6) is -0.870. The Hall–Kier alpha value is -2.29. The number of carbonyl (C=O) groups excluding carboxylic acids is 2. The summed E-state index contributed by atoms with van der Waals surface area (Å²) in [7, 11) is -4.39. The van der Waals surface area contributed by atoms with Gasteiger partial charge in [-0.2, -0.15) is 0 Å². The second kappa shape index (κ2) is 39.4. The van der Waals surface area contributed by atoms with E-state index in [0.29, 0.717) is 12.8 Å². The van der Waals surface area contributed by atoms with E-state index in [4.69, 9.17) is 24.3 Å². The molecule has 0 radical (unpaired) electrons. The number of phosphoric acid groups is 1. The molecule has 9 nitrogen and oxygen atoms in total. The molecule has 306 valence electrons. The molecule has 2 atom stereocenters. The first-order valence-corrected chi connectivity index (χ1v) is 22.3. The van der Waals surface area contributed by atoms with Crippen molar-refractivity contribution < 1.29 is 37.6 Å². The van der Waals surface area contributed by atoms with Crippen LogP contribution in [0.15, 0.2) is 60.8 Å². The molecule has 2 unspecified atom stereocenters. The number of hydrogen-bond acceptors (Lipinski definition) is 8. The van der Waals surface area contributed by atoms with Crippen LogP contribution in [0.1, 0.15) is 168 Å². The Bertz CT molecular complexity index is 1050. The van der Waals surface area contributed by atoms with Crippen molar-refractivity contribution in [2.45, 2.75) is 174 Å². The number of ether oxygens (including phenoxy) is 2. The Labute approximate surface area is 323 Å². The van der Waals surface area contributed by atoms with Gasteiger partial charge in [-0.3, -0.25) is 18.6 Å². The van der Waals surface area contributed by atoms with Crippen LogP contribution in [-0.4, -0.2) is 49.3 Å². The molecule has 0 aromatic rings. The Balaban J connectivity index is 4.25. The van der Waals surface area contributed by atoms with Crippen molar-refractivity contribution in [3.63, 3.8) is 0 Å². The summed E-state index contributed by atoms with van der Waals surface area (Å²) in [6, 6.07) is 0. The fraction of sp³-hybridized carbons (Fsp3) is 0.721. The van der Waals surface area contributed by atoms with Gasteiger partial charge in [-0.25, -0.2) is 4.57 Å². The van der Waals surface area contributed by atoms with Crippen LogP contribution in [0.4, 0.5) is 0 Å². The van der Waals surface area contributed by atoms with Crippen molar-refractivity contribution in [1.29, 1.82) is 0 Å². The smallest absolute Gasteiger partial charge is 0.462 e. The molecule has 0 aliphatic heterocycles. The Kier molecular flexibility index (Phi) is 37.7. The molecule has 53 heavy (non-hydrogen) atoms. The Morgan fingerprint density at radius 2 is 1.04 bits per heavy atom. The van der Waals surface area contributed by atoms with E-state index in [9.17, 15) is 19.0 Å². The number of carbonyl (C=O) groups is 2. The number of rotatable bonds is 38. The first kappa shape index (κ1) is 50.7. The molecule has 0 aromatic carbocycles. The van der Waals surface area contributed by atoms with E-state index in [1.54, 1.807) is 0 Å². The van der Waals surface area contributed by atoms with Gasteiger partial charge in [0.2, 0.25) is 0 Å². The lowest BCUT2D eigenvalue weighted by molar-refractivity contribution is -0.161. The highest BCUT2D eigenvalue weighted by atomic mass is 31.2. The molecule has 3 N–H and O–H groups in total. The molecular weight excluding hydrogens is 689 g/mol. The van der Waals surface area contributed by atoms with Gasteiger partial charge in [-0.05, 0) is 77.0 Å². The fourth-order valence-electron chi connectivity index (χ4n) is 5.32. The third-order valence-corrected chi connectivity index (χ3v) is 9.37. The van der Waals surface area contributed by atoms with E-state index >= 15 is 0 Å². The third kappa shape index (κ3) is 39.2. The van der Waals surface area contributed by atoms with Gasteiger partial charge < -0.3 is 20.1 Å². The minimum Gasteiger partial charge on any atom is -0.462 e. The first-order valence-electron chi connectivity index (χ1n) is 20.8. The lowest BCUT2D eigenvalue weighted by Gasteiger charge is -2.19. The average molecular weight is 766 g/mol. The highest BCUT2D eigenvalue weighted by Crippen LogP contribution is 2.43. The second-order valence-corrected chi connectivity index (χ2v) is 14.9. The highest BCUT2D eigenvalue weighted by Gasteiger charge is 2.25. The summed E-state index contributed by atoms with van der Waals surface area (Å²) in [4.78, 5) is 34.8. The van der Waals surface area contributed by atoms with Crippen LogP contribution in [0.25, 0.3) is 0 Å². The van der Waals surface area contributed by atoms with E-state index in [1.165, 1.54) is 44.9 Å². The number of phosphoric ester groups is 1. The van der Waals surface area contributed by atoms with E-state index in [2.05, 4.69) is 74.6 Å². The normalized spacial score (nSPS) is 14.0. The fourth-order valence-corrected chi connectivity index (χ4v) is 6.09. The molecule has 0 amide bonds. The standard InChI is InChI=1S/C43H76NO8P/c1-3-5-7-9-11-13-15-17-19-20-22-24-26-28-30-32-34-36-43(46)52-41(40-51-53(47,48)50-38-37-44)39-49-42(45)35-33-31-29-27-25-23-21-18-16-14-12-10-8-6-4-2/h5,7,11,13,17-19,21-22,24,41H,3-4,6,8-10,12,14-16,20,23,25-40,44H2,1-2H3,(H,47,48). The predicted molar refractivity (Wildman–Crippen MR) is 219 cm³/mol. The summed E-state index contributed by atoms with van der Waals surface area (Å²) in [5, 5.41) is 0. The van der Waals surface area contributed by atoms with Gasteiger partial charge in [0.25, 0.3) is 0 Å². The maximum absolute atomic E-state index is 12.6. The Morgan fingerprint density at radius 3 is 1.57 bits per heavy atom. The molecule has 0 aliphatic rings. The summed E-state index contributed by atoms with van der Waals surface area (Å²) in [5.41, 5.74) is 5.34. The highest BCUT2D eigenvalue weighted by molar-refractivity contribution is 7.47. The minimum absolute atomic E-state index is 0.0454. The largest absolute Gasteiger partial charge is 0.472 e. The molecule has 0 saturated heterocycles. The summed E-state index contributed by atoms with van der Waals surface area (Å²) < 4.78 is 32.7. The molecule has 0 bridgehead atoms. The quantitative estimate of drug-likeness (QED) is 0.0272. The molecule has 0 rings (SSSR count). The van der Waals surface area contributed by atoms with Crippen molar-refractivity contribution in [3.05, 3.63) is 60.8 Å². The number of unbranched alkanes of at least 4 members (excludes halogenated alkanes) is 15. The van der Waals surface area contributed by atoms with Gasteiger partial charge in [0.05, 0.1) is 13.2 Å². The maximum Gasteiger partial charge on any atom is 0.472 e. The third-order valence-electron chi connectivity index (χ3n) is 8.39. The minimum atomic E-state index is -4.39. The van der Waals surface area contributed by atoms with Crippen LogP contribution in [0.5, 0.6) is 0 Å². The number of esters is 2. The van der Waals surface area contributed by atoms with Crippen molar-refractivity contribution in [1.82, 2.24) is 0 Å². The van der Waals surface area contributed by atoms with Crippen molar-refractivity contribution in [3.8, 4) is 0 Å². The van der Waals surface area contributed by atoms with Gasteiger partial charge in [0, 0.05) is 19.4 Å². The number of allylic oxidation sites excluding steroid dienone is 10. The second-order valence-electron chi connectivity index (χ2n) is 13.5. The Morgan fingerprint density at radius 1 is 0.585 bits per heavy atom. The van der Waals surface area contributed by atoms with Crippen LogP contribution < -0.4 is 5.73 Å². The van der Waals surface area contributed by atoms with Gasteiger partial charge >= 0.3 is 19.8 Å². The molecule has 0 aromatic heterocycles. The van der Waals surface area contributed by atoms with E-state index in [1.807, 2.05) is 0 Å². The van der Waals surface area contributed by atoms with Crippen LogP contribution in [0, 0.1) is 0 Å². The zero-order valence-corrected chi connectivity index (χ0v) is 34.4. The number of hydrogen-bond donors (Lipinski definition) is 2. The SMILES string of the molecule is CCC=CCC=CCC=CCC=CCCCCCCC(=O)OC(COC(=O)CCCCCCCC=CCCCCCCCC)COP(=O)(O)OCCN. The molecule has 0 saturated carbocycles. The molecular formula is C43H76NO8P. The van der Waals surface area contributed by atoms with E-state index in [-0.39, 0.29) is 32.6 Å². The number of nitrogens with two attached hydrogens (primary N) is 1. The zero-order valence-electron chi connectivity index (χ0n) is 33.5. The maximum atomic E-state index is 12.6. The molecule has 0 aliphatic carbocycles. The topological polar surface area (TPSA) is 134 Å². The van der Waals surface area contributed by atoms with E-state index in [0.717, 1.165) is 83.5 Å². The van der Waals surface area contributed by atoms with Crippen LogP contribution >= 0.6 is 7.82 Å². The lowest BCUT2D eigenvalue weighted by atomic mass is 10.1. The van der Waals surface area contributed by atoms with Crippen LogP contribution in [-0.2, 0) is 32.7 Å². The van der Waals surface area contributed by atoms with Crippen molar-refractivity contribution >= 4 is 19.8 Å². The molecule has 10 heteroatoms. The molecule has 0 heterocycles. The molecule has 0 spiro atoms. The first-order chi connectivity index (χ1) is 25.8. The van der Waals surface area contributed by atoms with Crippen molar-refractivity contribution in [2.24, 2.45) is 5.73 Å². The summed E-state index contributed by atoms with van der Waals surface area (Å²) >= 11 is 0. The van der Waals surface area contributed by atoms with Gasteiger partial charge in [0.1, 0.15) is 6.61 Å². The zero-order chi connectivity index (χ0) is 38.9. The predicted octanol–water partition coefficient (Wildman–Crippen LogP) is 11.7. The average Bonchev–Trinajstić information content (AvgIpc) is 3.14.